The average molecular weight is 296 g/mol. The largest absolute Gasteiger partial charge is 0.481 e. The molecular formula is C11H15Cl2NO4. The van der Waals surface area contributed by atoms with Gasteiger partial charge in [0.2, 0.25) is 0 Å². The summed E-state index contributed by atoms with van der Waals surface area (Å²) >= 11 is 12.1. The molecule has 3 aliphatic rings. The first-order valence-electron chi connectivity index (χ1n) is 5.58. The van der Waals surface area contributed by atoms with E-state index in [0.717, 1.165) is 0 Å². The van der Waals surface area contributed by atoms with Crippen molar-refractivity contribution in [2.45, 2.75) is 49.1 Å². The predicted octanol–water partition coefficient (Wildman–Crippen LogP) is 2.30. The van der Waals surface area contributed by atoms with Crippen LogP contribution in [0.2, 0.25) is 0 Å². The van der Waals surface area contributed by atoms with Gasteiger partial charge in [0.15, 0.2) is 4.33 Å². The minimum atomic E-state index is -1.47. The summed E-state index contributed by atoms with van der Waals surface area (Å²) < 4.78 is 3.64. The highest BCUT2D eigenvalue weighted by Crippen LogP contribution is 2.78. The third kappa shape index (κ3) is 1.53. The monoisotopic (exact) mass is 295 g/mol. The molecule has 0 aliphatic heterocycles. The fourth-order valence-electron chi connectivity index (χ4n) is 2.62. The molecule has 3 aliphatic carbocycles. The molecule has 102 valence electrons. The second-order valence-electron chi connectivity index (χ2n) is 6.02. The van der Waals surface area contributed by atoms with Crippen LogP contribution in [0.25, 0.3) is 0 Å². The number of alkyl halides is 2. The second-order valence-corrected chi connectivity index (χ2v) is 7.35. The summed E-state index contributed by atoms with van der Waals surface area (Å²) in [6, 6.07) is 0. The normalized spacial score (nSPS) is 36.1. The summed E-state index contributed by atoms with van der Waals surface area (Å²) in [6.07, 6.45) is -0.157. The van der Waals surface area contributed by atoms with Crippen molar-refractivity contribution in [1.82, 2.24) is 5.32 Å². The van der Waals surface area contributed by atoms with Gasteiger partial charge in [-0.3, -0.25) is 4.79 Å². The Balaban J connectivity index is 2.03. The molecule has 0 atom stereocenters. The number of rotatable bonds is 2. The van der Waals surface area contributed by atoms with Crippen molar-refractivity contribution in [3.05, 3.63) is 0 Å². The molecule has 0 aromatic rings. The Morgan fingerprint density at radius 2 is 1.78 bits per heavy atom. The van der Waals surface area contributed by atoms with Crippen LogP contribution in [0.4, 0.5) is 4.79 Å². The highest BCUT2D eigenvalue weighted by Gasteiger charge is 2.89. The fraction of sp³-hybridized carbons (Fsp3) is 0.818. The molecule has 0 radical (unpaired) electrons. The SMILES string of the molecule is CC(C)(C)OC(=O)NC12CC(C(=O)O)(C1)C2(Cl)Cl. The van der Waals surface area contributed by atoms with E-state index in [2.05, 4.69) is 5.32 Å². The van der Waals surface area contributed by atoms with Crippen LogP contribution in [0, 0.1) is 5.41 Å². The van der Waals surface area contributed by atoms with Gasteiger partial charge >= 0.3 is 12.1 Å². The smallest absolute Gasteiger partial charge is 0.408 e. The van der Waals surface area contributed by atoms with E-state index in [1.807, 2.05) is 0 Å². The van der Waals surface area contributed by atoms with Gasteiger partial charge in [0.1, 0.15) is 11.0 Å². The van der Waals surface area contributed by atoms with E-state index in [0.29, 0.717) is 0 Å². The lowest BCUT2D eigenvalue weighted by Gasteiger charge is -2.75. The number of aliphatic carboxylic acids is 1. The second kappa shape index (κ2) is 3.45. The molecule has 0 unspecified atom stereocenters. The zero-order valence-electron chi connectivity index (χ0n) is 10.3. The first-order valence-corrected chi connectivity index (χ1v) is 6.34. The van der Waals surface area contributed by atoms with Crippen molar-refractivity contribution in [3.63, 3.8) is 0 Å². The first kappa shape index (κ1) is 13.7. The van der Waals surface area contributed by atoms with E-state index in [9.17, 15) is 9.59 Å². The Kier molecular flexibility index (Phi) is 2.63. The van der Waals surface area contributed by atoms with Crippen molar-refractivity contribution in [2.75, 3.05) is 0 Å². The van der Waals surface area contributed by atoms with Crippen molar-refractivity contribution >= 4 is 35.3 Å². The van der Waals surface area contributed by atoms with Crippen LogP contribution in [0.15, 0.2) is 0 Å². The van der Waals surface area contributed by atoms with Crippen molar-refractivity contribution in [2.24, 2.45) is 5.41 Å². The van der Waals surface area contributed by atoms with E-state index in [1.54, 1.807) is 20.8 Å². The number of carbonyl (C=O) groups excluding carboxylic acids is 1. The van der Waals surface area contributed by atoms with Gasteiger partial charge < -0.3 is 15.2 Å². The molecule has 3 rings (SSSR count). The Morgan fingerprint density at radius 3 is 2.11 bits per heavy atom. The number of carbonyl (C=O) groups is 2. The number of carboxylic acids is 1. The predicted molar refractivity (Wildman–Crippen MR) is 65.8 cm³/mol. The lowest BCUT2D eigenvalue weighted by atomic mass is 9.38. The van der Waals surface area contributed by atoms with Crippen LogP contribution in [-0.2, 0) is 9.53 Å². The van der Waals surface area contributed by atoms with Crippen molar-refractivity contribution in [1.29, 1.82) is 0 Å². The van der Waals surface area contributed by atoms with Gasteiger partial charge in [-0.2, -0.15) is 0 Å². The van der Waals surface area contributed by atoms with Crippen molar-refractivity contribution < 1.29 is 19.4 Å². The Morgan fingerprint density at radius 1 is 1.28 bits per heavy atom. The van der Waals surface area contributed by atoms with Crippen LogP contribution in [-0.4, -0.2) is 32.6 Å². The lowest BCUT2D eigenvalue weighted by molar-refractivity contribution is -0.203. The van der Waals surface area contributed by atoms with Crippen LogP contribution >= 0.6 is 23.2 Å². The molecule has 18 heavy (non-hydrogen) atoms. The maximum Gasteiger partial charge on any atom is 0.408 e. The third-order valence-electron chi connectivity index (χ3n) is 3.56. The highest BCUT2D eigenvalue weighted by atomic mass is 35.5. The first-order chi connectivity index (χ1) is 7.96. The summed E-state index contributed by atoms with van der Waals surface area (Å²) in [6.45, 7) is 5.21. The Bertz CT molecular complexity index is 421. The topological polar surface area (TPSA) is 75.6 Å². The van der Waals surface area contributed by atoms with E-state index in [1.165, 1.54) is 0 Å². The van der Waals surface area contributed by atoms with Gasteiger partial charge in [0, 0.05) is 0 Å². The van der Waals surface area contributed by atoms with Gasteiger partial charge in [0.25, 0.3) is 0 Å². The number of hydrogen-bond acceptors (Lipinski definition) is 3. The van der Waals surface area contributed by atoms with Crippen LogP contribution < -0.4 is 5.32 Å². The number of halogens is 2. The molecule has 1 amide bonds. The molecule has 7 heteroatoms. The maximum atomic E-state index is 11.7. The zero-order chi connectivity index (χ0) is 14.0. The van der Waals surface area contributed by atoms with Gasteiger partial charge in [-0.25, -0.2) is 4.79 Å². The number of carboxylic acid groups (broad SMARTS) is 1. The molecule has 0 heterocycles. The number of amides is 1. The number of nitrogens with one attached hydrogen (secondary N) is 1. The van der Waals surface area contributed by atoms with Crippen LogP contribution in [0.1, 0.15) is 33.6 Å². The van der Waals surface area contributed by atoms with E-state index in [4.69, 9.17) is 33.0 Å². The molecule has 0 saturated heterocycles. The molecule has 2 N–H and O–H groups in total. The summed E-state index contributed by atoms with van der Waals surface area (Å²) in [5, 5.41) is 11.7. The fourth-order valence-corrected chi connectivity index (χ4v) is 3.41. The van der Waals surface area contributed by atoms with E-state index in [-0.39, 0.29) is 12.8 Å². The summed E-state index contributed by atoms with van der Waals surface area (Å²) in [7, 11) is 0. The molecular weight excluding hydrogens is 281 g/mol. The van der Waals surface area contributed by atoms with Gasteiger partial charge in [0.05, 0.1) is 5.54 Å². The van der Waals surface area contributed by atoms with Crippen LogP contribution in [0.3, 0.4) is 0 Å². The molecule has 3 saturated carbocycles. The third-order valence-corrected chi connectivity index (χ3v) is 5.01. The summed E-state index contributed by atoms with van der Waals surface area (Å²) in [5.74, 6) is -1.03. The Hall–Kier alpha value is -0.680. The minimum Gasteiger partial charge on any atom is -0.481 e. The molecule has 2 bridgehead atoms. The van der Waals surface area contributed by atoms with E-state index < -0.39 is 33.0 Å². The quantitative estimate of drug-likeness (QED) is 0.767. The summed E-state index contributed by atoms with van der Waals surface area (Å²) in [5.41, 5.74) is -2.64. The van der Waals surface area contributed by atoms with Gasteiger partial charge in [-0.05, 0) is 33.6 Å². The minimum absolute atomic E-state index is 0.238. The Labute approximate surface area is 115 Å². The van der Waals surface area contributed by atoms with Crippen molar-refractivity contribution in [3.8, 4) is 0 Å². The number of alkyl carbamates (subject to hydrolysis) is 1. The average Bonchev–Trinajstić information content (AvgIpc) is 2.07. The standard InChI is InChI=1S/C11H15Cl2NO4/c1-8(2,3)18-7(17)14-10-4-9(5-10,6(15)16)11(10,12)13/h4-5H2,1-3H3,(H,14,17)(H,15,16). The highest BCUT2D eigenvalue weighted by molar-refractivity contribution is 6.53. The lowest BCUT2D eigenvalue weighted by Crippen LogP contribution is -2.90. The van der Waals surface area contributed by atoms with Gasteiger partial charge in [-0.15, -0.1) is 0 Å². The molecule has 3 fully saturated rings. The zero-order valence-corrected chi connectivity index (χ0v) is 11.9. The number of hydrogen-bond donors (Lipinski definition) is 2. The number of ether oxygens (including phenoxy) is 1. The maximum absolute atomic E-state index is 11.7. The van der Waals surface area contributed by atoms with Gasteiger partial charge in [-0.1, -0.05) is 23.2 Å². The van der Waals surface area contributed by atoms with Crippen LogP contribution in [0.5, 0.6) is 0 Å². The van der Waals surface area contributed by atoms with E-state index >= 15 is 0 Å². The molecule has 0 spiro atoms. The molecule has 5 nitrogen and oxygen atoms in total. The molecule has 0 aromatic carbocycles. The summed E-state index contributed by atoms with van der Waals surface area (Å²) in [4.78, 5) is 22.8. The molecule has 0 aromatic heterocycles.